The lowest BCUT2D eigenvalue weighted by molar-refractivity contribution is -0.0460. The second kappa shape index (κ2) is 8.30. The van der Waals surface area contributed by atoms with Crippen LogP contribution in [-0.4, -0.2) is 11.7 Å². The average molecular weight is 289 g/mol. The summed E-state index contributed by atoms with van der Waals surface area (Å²) in [5, 5.41) is 0. The summed E-state index contributed by atoms with van der Waals surface area (Å²) in [6.45, 7) is 8.94. The van der Waals surface area contributed by atoms with E-state index in [0.717, 1.165) is 12.0 Å². The zero-order chi connectivity index (χ0) is 15.7. The standard InChI is InChI=1S/C17H23NO3/c1-5-6-8-13-15(14-11-9-7-10-12-14)21-18-16(19)20-17(2,3)4/h6-7,9-12,15H,1,8,13H2,2-4H3,(H,18,19). The Morgan fingerprint density at radius 3 is 2.62 bits per heavy atom. The van der Waals surface area contributed by atoms with Crippen LogP contribution in [0.1, 0.15) is 45.3 Å². The molecule has 21 heavy (non-hydrogen) atoms. The zero-order valence-electron chi connectivity index (χ0n) is 12.9. The monoisotopic (exact) mass is 289 g/mol. The molecule has 1 aromatic carbocycles. The van der Waals surface area contributed by atoms with E-state index in [4.69, 9.17) is 9.57 Å². The third-order valence-corrected chi connectivity index (χ3v) is 2.57. The fourth-order valence-corrected chi connectivity index (χ4v) is 1.72. The SMILES string of the molecule is C=C=CCCC(ONC(=O)OC(C)(C)C)c1ccccc1. The molecule has 0 aliphatic rings. The van der Waals surface area contributed by atoms with Crippen LogP contribution < -0.4 is 5.48 Å². The summed E-state index contributed by atoms with van der Waals surface area (Å²) in [5.74, 6) is 0. The predicted molar refractivity (Wildman–Crippen MR) is 82.6 cm³/mol. The van der Waals surface area contributed by atoms with Crippen LogP contribution >= 0.6 is 0 Å². The summed E-state index contributed by atoms with van der Waals surface area (Å²) in [6, 6.07) is 9.72. The van der Waals surface area contributed by atoms with Crippen molar-refractivity contribution in [3.8, 4) is 0 Å². The molecule has 0 saturated carbocycles. The summed E-state index contributed by atoms with van der Waals surface area (Å²) < 4.78 is 5.14. The van der Waals surface area contributed by atoms with Crippen LogP contribution in [0, 0.1) is 0 Å². The zero-order valence-corrected chi connectivity index (χ0v) is 12.9. The summed E-state index contributed by atoms with van der Waals surface area (Å²) in [4.78, 5) is 17.1. The number of amides is 1. The summed E-state index contributed by atoms with van der Waals surface area (Å²) in [7, 11) is 0. The van der Waals surface area contributed by atoms with Crippen LogP contribution in [0.4, 0.5) is 4.79 Å². The number of nitrogens with one attached hydrogen (secondary N) is 1. The fraction of sp³-hybridized carbons (Fsp3) is 0.412. The number of rotatable bonds is 6. The van der Waals surface area contributed by atoms with Crippen LogP contribution in [-0.2, 0) is 9.57 Å². The number of carbonyl (C=O) groups excluding carboxylic acids is 1. The van der Waals surface area contributed by atoms with E-state index in [2.05, 4.69) is 17.8 Å². The van der Waals surface area contributed by atoms with E-state index in [9.17, 15) is 4.79 Å². The van der Waals surface area contributed by atoms with Gasteiger partial charge in [-0.05, 0) is 45.3 Å². The van der Waals surface area contributed by atoms with Gasteiger partial charge in [0.05, 0.1) is 0 Å². The first-order chi connectivity index (χ1) is 9.92. The van der Waals surface area contributed by atoms with Gasteiger partial charge in [0.25, 0.3) is 0 Å². The molecule has 0 heterocycles. The molecule has 4 heteroatoms. The van der Waals surface area contributed by atoms with Crippen molar-refractivity contribution in [1.82, 2.24) is 5.48 Å². The largest absolute Gasteiger partial charge is 0.442 e. The first-order valence-electron chi connectivity index (χ1n) is 6.96. The highest BCUT2D eigenvalue weighted by Crippen LogP contribution is 2.22. The van der Waals surface area contributed by atoms with Crippen molar-refractivity contribution in [3.05, 3.63) is 54.3 Å². The normalized spacial score (nSPS) is 12.1. The van der Waals surface area contributed by atoms with Gasteiger partial charge >= 0.3 is 6.09 Å². The Bertz CT molecular complexity index is 485. The predicted octanol–water partition coefficient (Wildman–Crippen LogP) is 4.31. The van der Waals surface area contributed by atoms with Gasteiger partial charge in [-0.1, -0.05) is 36.9 Å². The van der Waals surface area contributed by atoms with Gasteiger partial charge in [-0.3, -0.25) is 4.84 Å². The molecule has 1 N–H and O–H groups in total. The van der Waals surface area contributed by atoms with E-state index in [1.54, 1.807) is 20.8 Å². The number of hydrogen-bond acceptors (Lipinski definition) is 3. The lowest BCUT2D eigenvalue weighted by Crippen LogP contribution is -2.33. The molecule has 1 amide bonds. The lowest BCUT2D eigenvalue weighted by Gasteiger charge is -2.22. The van der Waals surface area contributed by atoms with E-state index < -0.39 is 11.7 Å². The Balaban J connectivity index is 2.61. The fourth-order valence-electron chi connectivity index (χ4n) is 1.72. The highest BCUT2D eigenvalue weighted by molar-refractivity contribution is 5.66. The molecule has 114 valence electrons. The maximum absolute atomic E-state index is 11.6. The van der Waals surface area contributed by atoms with E-state index >= 15 is 0 Å². The van der Waals surface area contributed by atoms with Gasteiger partial charge in [0.2, 0.25) is 0 Å². The minimum absolute atomic E-state index is 0.247. The van der Waals surface area contributed by atoms with Crippen molar-refractivity contribution in [2.45, 2.75) is 45.3 Å². The molecule has 1 rings (SSSR count). The molecular weight excluding hydrogens is 266 g/mol. The smallest absolute Gasteiger partial charge is 0.431 e. The maximum atomic E-state index is 11.6. The van der Waals surface area contributed by atoms with Gasteiger partial charge in [0.1, 0.15) is 11.7 Å². The number of hydroxylamine groups is 1. The molecule has 0 spiro atoms. The van der Waals surface area contributed by atoms with Crippen molar-refractivity contribution < 1.29 is 14.4 Å². The van der Waals surface area contributed by atoms with Gasteiger partial charge in [0, 0.05) is 0 Å². The second-order valence-corrected chi connectivity index (χ2v) is 5.61. The molecule has 0 saturated heterocycles. The molecule has 0 bridgehead atoms. The quantitative estimate of drug-likeness (QED) is 0.627. The van der Waals surface area contributed by atoms with Gasteiger partial charge in [-0.15, -0.1) is 5.73 Å². The van der Waals surface area contributed by atoms with Gasteiger partial charge in [-0.25, -0.2) is 4.79 Å². The Kier molecular flexibility index (Phi) is 6.73. The van der Waals surface area contributed by atoms with Crippen LogP contribution in [0.25, 0.3) is 0 Å². The van der Waals surface area contributed by atoms with Crippen LogP contribution in [0.2, 0.25) is 0 Å². The summed E-state index contributed by atoms with van der Waals surface area (Å²) in [6.07, 6.45) is 2.47. The van der Waals surface area contributed by atoms with E-state index in [0.29, 0.717) is 6.42 Å². The van der Waals surface area contributed by atoms with Crippen LogP contribution in [0.5, 0.6) is 0 Å². The average Bonchev–Trinajstić information content (AvgIpc) is 2.41. The first kappa shape index (κ1) is 17.0. The number of hydrogen-bond donors (Lipinski definition) is 1. The third kappa shape index (κ3) is 7.35. The summed E-state index contributed by atoms with van der Waals surface area (Å²) in [5.41, 5.74) is 5.52. The molecular formula is C17H23NO3. The highest BCUT2D eigenvalue weighted by atomic mass is 16.7. The van der Waals surface area contributed by atoms with Crippen molar-refractivity contribution in [2.75, 3.05) is 0 Å². The Labute approximate surface area is 126 Å². The lowest BCUT2D eigenvalue weighted by atomic mass is 10.1. The maximum Gasteiger partial charge on any atom is 0.431 e. The number of ether oxygens (including phenoxy) is 1. The molecule has 1 unspecified atom stereocenters. The van der Waals surface area contributed by atoms with E-state index in [1.165, 1.54) is 0 Å². The van der Waals surface area contributed by atoms with Crippen molar-refractivity contribution in [1.29, 1.82) is 0 Å². The highest BCUT2D eigenvalue weighted by Gasteiger charge is 2.18. The molecule has 0 aliphatic carbocycles. The Morgan fingerprint density at radius 1 is 1.38 bits per heavy atom. The minimum atomic E-state index is -0.595. The molecule has 0 fully saturated rings. The Morgan fingerprint density at radius 2 is 2.05 bits per heavy atom. The molecule has 1 aromatic rings. The number of carbonyl (C=O) groups is 1. The van der Waals surface area contributed by atoms with Crippen molar-refractivity contribution in [2.24, 2.45) is 0 Å². The number of allylic oxidation sites excluding steroid dienone is 1. The molecule has 1 atom stereocenters. The molecule has 0 aromatic heterocycles. The van der Waals surface area contributed by atoms with Crippen LogP contribution in [0.15, 0.2) is 48.7 Å². The van der Waals surface area contributed by atoms with Gasteiger partial charge in [0.15, 0.2) is 0 Å². The van der Waals surface area contributed by atoms with Gasteiger partial charge < -0.3 is 4.74 Å². The second-order valence-electron chi connectivity index (χ2n) is 5.61. The van der Waals surface area contributed by atoms with E-state index in [1.807, 2.05) is 36.4 Å². The molecule has 0 radical (unpaired) electrons. The van der Waals surface area contributed by atoms with E-state index in [-0.39, 0.29) is 6.10 Å². The molecule has 4 nitrogen and oxygen atoms in total. The van der Waals surface area contributed by atoms with Crippen molar-refractivity contribution in [3.63, 3.8) is 0 Å². The number of benzene rings is 1. The topological polar surface area (TPSA) is 47.6 Å². The first-order valence-corrected chi connectivity index (χ1v) is 6.96. The summed E-state index contributed by atoms with van der Waals surface area (Å²) >= 11 is 0. The van der Waals surface area contributed by atoms with Crippen LogP contribution in [0.3, 0.4) is 0 Å². The Hall–Kier alpha value is -2.03. The minimum Gasteiger partial charge on any atom is -0.442 e. The van der Waals surface area contributed by atoms with Crippen molar-refractivity contribution >= 4 is 6.09 Å². The van der Waals surface area contributed by atoms with Gasteiger partial charge in [-0.2, -0.15) is 5.48 Å². The third-order valence-electron chi connectivity index (χ3n) is 2.57. The molecule has 0 aliphatic heterocycles.